The molecule has 3 heteroatoms. The number of rotatable bonds is 3. The lowest BCUT2D eigenvalue weighted by Gasteiger charge is -2.03. The van der Waals surface area contributed by atoms with E-state index in [4.69, 9.17) is 5.11 Å². The van der Waals surface area contributed by atoms with Gasteiger partial charge in [-0.25, -0.2) is 4.79 Å². The van der Waals surface area contributed by atoms with Crippen molar-refractivity contribution < 1.29 is 9.90 Å². The zero-order chi connectivity index (χ0) is 12.3. The zero-order valence-electron chi connectivity index (χ0n) is 9.06. The van der Waals surface area contributed by atoms with Crippen LogP contribution in [-0.4, -0.2) is 11.1 Å². The standard InChI is InChI=1S/C14H11BrO2/c15-13-7-3-11(4-8-13)9-10-1-5-12(6-2-10)14(16)17/h1-8H,9H2,(H,16,17). The van der Waals surface area contributed by atoms with Gasteiger partial charge in [-0.1, -0.05) is 40.2 Å². The minimum atomic E-state index is -0.889. The van der Waals surface area contributed by atoms with Crippen molar-refractivity contribution in [2.45, 2.75) is 6.42 Å². The minimum absolute atomic E-state index is 0.324. The van der Waals surface area contributed by atoms with E-state index in [2.05, 4.69) is 28.1 Å². The summed E-state index contributed by atoms with van der Waals surface area (Å²) in [6.45, 7) is 0. The van der Waals surface area contributed by atoms with Gasteiger partial charge in [-0.2, -0.15) is 0 Å². The molecule has 0 amide bonds. The van der Waals surface area contributed by atoms with Gasteiger partial charge in [0.05, 0.1) is 5.56 Å². The fourth-order valence-corrected chi connectivity index (χ4v) is 1.87. The summed E-state index contributed by atoms with van der Waals surface area (Å²) in [5.74, 6) is -0.889. The maximum absolute atomic E-state index is 10.7. The van der Waals surface area contributed by atoms with Gasteiger partial charge in [-0.3, -0.25) is 0 Å². The van der Waals surface area contributed by atoms with Gasteiger partial charge in [0, 0.05) is 4.47 Å². The molecule has 0 fully saturated rings. The van der Waals surface area contributed by atoms with Crippen molar-refractivity contribution in [3.63, 3.8) is 0 Å². The first-order chi connectivity index (χ1) is 8.15. The Morgan fingerprint density at radius 2 is 1.41 bits per heavy atom. The molecule has 2 rings (SSSR count). The summed E-state index contributed by atoms with van der Waals surface area (Å²) in [6, 6.07) is 15.1. The van der Waals surface area contributed by atoms with Crippen molar-refractivity contribution in [2.75, 3.05) is 0 Å². The number of carboxylic acids is 1. The molecule has 0 aliphatic heterocycles. The molecule has 0 aromatic heterocycles. The molecule has 17 heavy (non-hydrogen) atoms. The van der Waals surface area contributed by atoms with Crippen LogP contribution >= 0.6 is 15.9 Å². The minimum Gasteiger partial charge on any atom is -0.478 e. The molecule has 0 radical (unpaired) electrons. The van der Waals surface area contributed by atoms with Crippen LogP contribution in [0.5, 0.6) is 0 Å². The molecule has 0 bridgehead atoms. The third-order valence-electron chi connectivity index (χ3n) is 2.52. The fraction of sp³-hybridized carbons (Fsp3) is 0.0714. The summed E-state index contributed by atoms with van der Waals surface area (Å²) >= 11 is 3.39. The second-order valence-electron chi connectivity index (χ2n) is 3.81. The van der Waals surface area contributed by atoms with Crippen LogP contribution in [0.25, 0.3) is 0 Å². The molecular weight excluding hydrogens is 280 g/mol. The quantitative estimate of drug-likeness (QED) is 0.935. The molecule has 0 aliphatic carbocycles. The lowest BCUT2D eigenvalue weighted by molar-refractivity contribution is 0.0697. The number of halogens is 1. The van der Waals surface area contributed by atoms with E-state index in [0.717, 1.165) is 16.5 Å². The molecule has 2 aromatic rings. The Morgan fingerprint density at radius 1 is 0.941 bits per heavy atom. The van der Waals surface area contributed by atoms with E-state index in [0.29, 0.717) is 5.56 Å². The van der Waals surface area contributed by atoms with E-state index < -0.39 is 5.97 Å². The maximum atomic E-state index is 10.7. The summed E-state index contributed by atoms with van der Waals surface area (Å²) in [4.78, 5) is 10.7. The predicted octanol–water partition coefficient (Wildman–Crippen LogP) is 3.74. The van der Waals surface area contributed by atoms with Gasteiger partial charge < -0.3 is 5.11 Å². The third kappa shape index (κ3) is 3.17. The van der Waals surface area contributed by atoms with E-state index >= 15 is 0 Å². The molecule has 86 valence electrons. The predicted molar refractivity (Wildman–Crippen MR) is 70.3 cm³/mol. The van der Waals surface area contributed by atoms with Crippen molar-refractivity contribution in [3.05, 3.63) is 69.7 Å². The largest absolute Gasteiger partial charge is 0.478 e. The Labute approximate surface area is 108 Å². The first-order valence-corrected chi connectivity index (χ1v) is 6.01. The van der Waals surface area contributed by atoms with E-state index in [1.165, 1.54) is 5.56 Å². The van der Waals surface area contributed by atoms with Crippen molar-refractivity contribution in [1.82, 2.24) is 0 Å². The molecule has 1 N–H and O–H groups in total. The molecule has 0 atom stereocenters. The highest BCUT2D eigenvalue weighted by Crippen LogP contribution is 2.14. The van der Waals surface area contributed by atoms with E-state index in [1.807, 2.05) is 24.3 Å². The maximum Gasteiger partial charge on any atom is 0.335 e. The van der Waals surface area contributed by atoms with Crippen LogP contribution in [0.15, 0.2) is 53.0 Å². The Kier molecular flexibility index (Phi) is 3.59. The smallest absolute Gasteiger partial charge is 0.335 e. The Bertz CT molecular complexity index is 515. The SMILES string of the molecule is O=C(O)c1ccc(Cc2ccc(Br)cc2)cc1. The highest BCUT2D eigenvalue weighted by atomic mass is 79.9. The Hall–Kier alpha value is -1.61. The molecule has 0 saturated heterocycles. The zero-order valence-corrected chi connectivity index (χ0v) is 10.6. The number of benzene rings is 2. The van der Waals surface area contributed by atoms with Crippen molar-refractivity contribution in [3.8, 4) is 0 Å². The molecule has 0 unspecified atom stereocenters. The lowest BCUT2D eigenvalue weighted by Crippen LogP contribution is -1.96. The van der Waals surface area contributed by atoms with Gasteiger partial charge >= 0.3 is 5.97 Å². The summed E-state index contributed by atoms with van der Waals surface area (Å²) in [7, 11) is 0. The normalized spacial score (nSPS) is 10.2. The van der Waals surface area contributed by atoms with Crippen LogP contribution in [0.3, 0.4) is 0 Å². The summed E-state index contributed by atoms with van der Waals surface area (Å²) in [5.41, 5.74) is 2.64. The molecule has 0 heterocycles. The van der Waals surface area contributed by atoms with Gasteiger partial charge in [0.1, 0.15) is 0 Å². The molecule has 2 aromatic carbocycles. The summed E-state index contributed by atoms with van der Waals surface area (Å²) in [5, 5.41) is 8.79. The van der Waals surface area contributed by atoms with Crippen molar-refractivity contribution in [2.24, 2.45) is 0 Å². The van der Waals surface area contributed by atoms with Gasteiger partial charge in [0.2, 0.25) is 0 Å². The topological polar surface area (TPSA) is 37.3 Å². The number of carbonyl (C=O) groups is 1. The first kappa shape index (κ1) is 11.9. The van der Waals surface area contributed by atoms with E-state index in [-0.39, 0.29) is 0 Å². The third-order valence-corrected chi connectivity index (χ3v) is 3.05. The highest BCUT2D eigenvalue weighted by molar-refractivity contribution is 9.10. The van der Waals surface area contributed by atoms with Crippen LogP contribution in [0.2, 0.25) is 0 Å². The number of aromatic carboxylic acids is 1. The monoisotopic (exact) mass is 290 g/mol. The molecule has 0 saturated carbocycles. The van der Waals surface area contributed by atoms with Crippen LogP contribution in [0.1, 0.15) is 21.5 Å². The van der Waals surface area contributed by atoms with E-state index in [1.54, 1.807) is 12.1 Å². The number of hydrogen-bond donors (Lipinski definition) is 1. The Morgan fingerprint density at radius 3 is 1.88 bits per heavy atom. The second-order valence-corrected chi connectivity index (χ2v) is 4.72. The lowest BCUT2D eigenvalue weighted by atomic mass is 10.0. The molecule has 2 nitrogen and oxygen atoms in total. The highest BCUT2D eigenvalue weighted by Gasteiger charge is 2.02. The van der Waals surface area contributed by atoms with Gasteiger partial charge in [0.25, 0.3) is 0 Å². The fourth-order valence-electron chi connectivity index (χ4n) is 1.60. The van der Waals surface area contributed by atoms with E-state index in [9.17, 15) is 4.79 Å². The average Bonchev–Trinajstić information content (AvgIpc) is 2.33. The van der Waals surface area contributed by atoms with Gasteiger partial charge in [-0.05, 0) is 41.8 Å². The average molecular weight is 291 g/mol. The second kappa shape index (κ2) is 5.15. The molecular formula is C14H11BrO2. The Balaban J connectivity index is 2.13. The van der Waals surface area contributed by atoms with Crippen LogP contribution < -0.4 is 0 Å². The molecule has 0 spiro atoms. The van der Waals surface area contributed by atoms with Crippen molar-refractivity contribution in [1.29, 1.82) is 0 Å². The number of carboxylic acid groups (broad SMARTS) is 1. The van der Waals surface area contributed by atoms with Crippen LogP contribution in [0.4, 0.5) is 0 Å². The van der Waals surface area contributed by atoms with Crippen LogP contribution in [-0.2, 0) is 6.42 Å². The van der Waals surface area contributed by atoms with Crippen molar-refractivity contribution >= 4 is 21.9 Å². The van der Waals surface area contributed by atoms with Crippen LogP contribution in [0, 0.1) is 0 Å². The summed E-state index contributed by atoms with van der Waals surface area (Å²) < 4.78 is 1.06. The van der Waals surface area contributed by atoms with Gasteiger partial charge in [0.15, 0.2) is 0 Å². The first-order valence-electron chi connectivity index (χ1n) is 5.22. The van der Waals surface area contributed by atoms with Gasteiger partial charge in [-0.15, -0.1) is 0 Å². The summed E-state index contributed by atoms with van der Waals surface area (Å²) in [6.07, 6.45) is 0.813. The number of hydrogen-bond acceptors (Lipinski definition) is 1. The molecule has 0 aliphatic rings.